The highest BCUT2D eigenvalue weighted by Gasteiger charge is 2.31. The molecule has 1 N–H and O–H groups in total. The first-order valence-electron chi connectivity index (χ1n) is 6.07. The Bertz CT molecular complexity index is 467. The first-order valence-corrected chi connectivity index (χ1v) is 6.88. The Labute approximate surface area is 110 Å². The molecule has 2 heterocycles. The normalized spacial score (nSPS) is 19.8. The maximum atomic E-state index is 11.8. The van der Waals surface area contributed by atoms with Crippen LogP contribution in [0.2, 0.25) is 0 Å². The molecule has 1 aliphatic rings. The molecule has 1 aromatic heterocycles. The van der Waals surface area contributed by atoms with E-state index < -0.39 is 5.97 Å². The Morgan fingerprint density at radius 2 is 2.28 bits per heavy atom. The number of carboxylic acids is 1. The van der Waals surface area contributed by atoms with Crippen LogP contribution < -0.4 is 0 Å². The molecule has 1 saturated heterocycles. The minimum absolute atomic E-state index is 0.180. The number of rotatable bonds is 4. The summed E-state index contributed by atoms with van der Waals surface area (Å²) in [6.45, 7) is 5.60. The lowest BCUT2D eigenvalue weighted by Gasteiger charge is -2.17. The summed E-state index contributed by atoms with van der Waals surface area (Å²) in [6, 6.07) is 3.40. The number of carboxylic acid groups (broad SMARTS) is 1. The van der Waals surface area contributed by atoms with Gasteiger partial charge >= 0.3 is 5.97 Å². The maximum Gasteiger partial charge on any atom is 0.345 e. The molecule has 4 nitrogen and oxygen atoms in total. The van der Waals surface area contributed by atoms with Crippen molar-refractivity contribution < 1.29 is 14.7 Å². The van der Waals surface area contributed by atoms with Crippen LogP contribution in [0, 0.1) is 11.8 Å². The van der Waals surface area contributed by atoms with Crippen molar-refractivity contribution in [1.29, 1.82) is 0 Å². The average Bonchev–Trinajstić information content (AvgIpc) is 2.87. The van der Waals surface area contributed by atoms with Gasteiger partial charge in [-0.3, -0.25) is 4.79 Å². The number of thiophene rings is 1. The van der Waals surface area contributed by atoms with E-state index in [-0.39, 0.29) is 5.91 Å². The second kappa shape index (κ2) is 5.10. The highest BCUT2D eigenvalue weighted by molar-refractivity contribution is 7.13. The molecule has 1 aromatic rings. The minimum Gasteiger partial charge on any atom is -0.477 e. The first kappa shape index (κ1) is 13.1. The van der Waals surface area contributed by atoms with Crippen molar-refractivity contribution in [3.63, 3.8) is 0 Å². The predicted octanol–water partition coefficient (Wildman–Crippen LogP) is 2.45. The van der Waals surface area contributed by atoms with E-state index in [1.165, 1.54) is 11.3 Å². The van der Waals surface area contributed by atoms with Crippen LogP contribution >= 0.6 is 11.3 Å². The van der Waals surface area contributed by atoms with Gasteiger partial charge in [0.15, 0.2) is 0 Å². The zero-order chi connectivity index (χ0) is 13.3. The van der Waals surface area contributed by atoms with Crippen molar-refractivity contribution in [3.05, 3.63) is 21.9 Å². The number of nitrogens with zero attached hydrogens (tertiary/aromatic N) is 1. The van der Waals surface area contributed by atoms with Crippen molar-refractivity contribution in [1.82, 2.24) is 4.90 Å². The number of likely N-dealkylation sites (tertiary alicyclic amines) is 1. The SMILES string of the molecule is CC(C)C1CC(=O)N(Cc2ccc(C(=O)O)s2)C1. The van der Waals surface area contributed by atoms with Crippen LogP contribution in [0.3, 0.4) is 0 Å². The summed E-state index contributed by atoms with van der Waals surface area (Å²) in [5.41, 5.74) is 0. The summed E-state index contributed by atoms with van der Waals surface area (Å²) < 4.78 is 0. The molecule has 1 atom stereocenters. The van der Waals surface area contributed by atoms with E-state index in [9.17, 15) is 9.59 Å². The third-order valence-electron chi connectivity index (χ3n) is 3.41. The summed E-state index contributed by atoms with van der Waals surface area (Å²) in [6.07, 6.45) is 0.620. The van der Waals surface area contributed by atoms with Crippen LogP contribution in [0.1, 0.15) is 34.8 Å². The quantitative estimate of drug-likeness (QED) is 0.911. The standard InChI is InChI=1S/C13H17NO3S/c1-8(2)9-5-12(15)14(6-9)7-10-3-4-11(18-10)13(16)17/h3-4,8-9H,5-7H2,1-2H3,(H,16,17). The van der Waals surface area contributed by atoms with Crippen LogP contribution in [0.5, 0.6) is 0 Å². The second-order valence-electron chi connectivity index (χ2n) is 5.05. The van der Waals surface area contributed by atoms with E-state index >= 15 is 0 Å². The van der Waals surface area contributed by atoms with Gasteiger partial charge in [0.05, 0.1) is 6.54 Å². The smallest absolute Gasteiger partial charge is 0.345 e. The van der Waals surface area contributed by atoms with Gasteiger partial charge in [0.25, 0.3) is 0 Å². The molecule has 0 aromatic carbocycles. The van der Waals surface area contributed by atoms with Crippen molar-refractivity contribution in [2.45, 2.75) is 26.8 Å². The molecule has 0 bridgehead atoms. The van der Waals surface area contributed by atoms with E-state index in [0.29, 0.717) is 29.7 Å². The van der Waals surface area contributed by atoms with Gasteiger partial charge in [0.1, 0.15) is 4.88 Å². The number of amides is 1. The summed E-state index contributed by atoms with van der Waals surface area (Å²) in [4.78, 5) is 25.7. The van der Waals surface area contributed by atoms with Crippen LogP contribution in [-0.4, -0.2) is 28.4 Å². The van der Waals surface area contributed by atoms with Crippen LogP contribution in [0.25, 0.3) is 0 Å². The third kappa shape index (κ3) is 2.72. The van der Waals surface area contributed by atoms with Crippen molar-refractivity contribution in [2.24, 2.45) is 11.8 Å². The number of carbonyl (C=O) groups is 2. The third-order valence-corrected chi connectivity index (χ3v) is 4.46. The second-order valence-corrected chi connectivity index (χ2v) is 6.22. The molecular formula is C13H17NO3S. The van der Waals surface area contributed by atoms with Gasteiger partial charge in [0, 0.05) is 17.8 Å². The topological polar surface area (TPSA) is 57.6 Å². The number of aromatic carboxylic acids is 1. The Morgan fingerprint density at radius 3 is 2.78 bits per heavy atom. The number of hydrogen-bond donors (Lipinski definition) is 1. The van der Waals surface area contributed by atoms with Gasteiger partial charge in [-0.25, -0.2) is 4.79 Å². The highest BCUT2D eigenvalue weighted by Crippen LogP contribution is 2.27. The lowest BCUT2D eigenvalue weighted by molar-refractivity contribution is -0.128. The molecule has 1 amide bonds. The summed E-state index contributed by atoms with van der Waals surface area (Å²) in [5.74, 6) is 0.214. The van der Waals surface area contributed by atoms with Gasteiger partial charge in [-0.15, -0.1) is 11.3 Å². The van der Waals surface area contributed by atoms with Gasteiger partial charge in [-0.05, 0) is 24.0 Å². The first-order chi connectivity index (χ1) is 8.47. The molecule has 18 heavy (non-hydrogen) atoms. The van der Waals surface area contributed by atoms with E-state index in [4.69, 9.17) is 5.11 Å². The lowest BCUT2D eigenvalue weighted by atomic mass is 9.95. The number of carbonyl (C=O) groups excluding carboxylic acids is 1. The highest BCUT2D eigenvalue weighted by atomic mass is 32.1. The molecule has 1 aliphatic heterocycles. The van der Waals surface area contributed by atoms with E-state index in [2.05, 4.69) is 13.8 Å². The van der Waals surface area contributed by atoms with Gasteiger partial charge in [0.2, 0.25) is 5.91 Å². The molecular weight excluding hydrogens is 250 g/mol. The molecule has 5 heteroatoms. The molecule has 1 fully saturated rings. The molecule has 2 rings (SSSR count). The lowest BCUT2D eigenvalue weighted by Crippen LogP contribution is -2.24. The largest absolute Gasteiger partial charge is 0.477 e. The van der Waals surface area contributed by atoms with Gasteiger partial charge in [-0.2, -0.15) is 0 Å². The Kier molecular flexibility index (Phi) is 3.71. The molecule has 1 unspecified atom stereocenters. The van der Waals surface area contributed by atoms with Crippen LogP contribution in [0.15, 0.2) is 12.1 Å². The van der Waals surface area contributed by atoms with Crippen molar-refractivity contribution in [3.8, 4) is 0 Å². The van der Waals surface area contributed by atoms with Crippen LogP contribution in [0.4, 0.5) is 0 Å². The molecule has 0 aliphatic carbocycles. The summed E-state index contributed by atoms with van der Waals surface area (Å²) >= 11 is 1.25. The van der Waals surface area contributed by atoms with Crippen LogP contribution in [-0.2, 0) is 11.3 Å². The van der Waals surface area contributed by atoms with Gasteiger partial charge in [-0.1, -0.05) is 13.8 Å². The fourth-order valence-electron chi connectivity index (χ4n) is 2.17. The Hall–Kier alpha value is -1.36. The molecule has 0 radical (unpaired) electrons. The zero-order valence-corrected chi connectivity index (χ0v) is 11.4. The van der Waals surface area contributed by atoms with Crippen molar-refractivity contribution in [2.75, 3.05) is 6.54 Å². The number of hydrogen-bond acceptors (Lipinski definition) is 3. The predicted molar refractivity (Wildman–Crippen MR) is 69.6 cm³/mol. The molecule has 0 saturated carbocycles. The Morgan fingerprint density at radius 1 is 1.56 bits per heavy atom. The average molecular weight is 267 g/mol. The fraction of sp³-hybridized carbons (Fsp3) is 0.538. The zero-order valence-electron chi connectivity index (χ0n) is 10.5. The maximum absolute atomic E-state index is 11.8. The molecule has 98 valence electrons. The van der Waals surface area contributed by atoms with Crippen molar-refractivity contribution >= 4 is 23.2 Å². The monoisotopic (exact) mass is 267 g/mol. The fourth-order valence-corrected chi connectivity index (χ4v) is 3.03. The minimum atomic E-state index is -0.904. The van der Waals surface area contributed by atoms with E-state index in [1.807, 2.05) is 4.90 Å². The summed E-state index contributed by atoms with van der Waals surface area (Å²) in [7, 11) is 0. The van der Waals surface area contributed by atoms with E-state index in [1.54, 1.807) is 12.1 Å². The Balaban J connectivity index is 2.01. The molecule has 0 spiro atoms. The van der Waals surface area contributed by atoms with E-state index in [0.717, 1.165) is 11.4 Å². The van der Waals surface area contributed by atoms with Gasteiger partial charge < -0.3 is 10.0 Å². The summed E-state index contributed by atoms with van der Waals surface area (Å²) in [5, 5.41) is 8.86.